The molecule has 3 aliphatic heterocycles. The monoisotopic (exact) mass is 722 g/mol. The van der Waals surface area contributed by atoms with Gasteiger partial charge in [-0.2, -0.15) is 5.10 Å². The molecule has 1 unspecified atom stereocenters. The Bertz CT molecular complexity index is 2130. The molecular formula is C39H44F2N10O2. The summed E-state index contributed by atoms with van der Waals surface area (Å²) in [4.78, 5) is 40.4. The van der Waals surface area contributed by atoms with Gasteiger partial charge in [-0.3, -0.25) is 28.9 Å². The molecule has 3 aromatic heterocycles. The van der Waals surface area contributed by atoms with Crippen molar-refractivity contribution in [1.29, 1.82) is 0 Å². The van der Waals surface area contributed by atoms with Crippen molar-refractivity contribution in [2.75, 3.05) is 62.6 Å². The van der Waals surface area contributed by atoms with Crippen molar-refractivity contribution in [3.05, 3.63) is 89.6 Å². The number of carbonyl (C=O) groups is 2. The predicted molar refractivity (Wildman–Crippen MR) is 198 cm³/mol. The zero-order valence-corrected chi connectivity index (χ0v) is 30.1. The van der Waals surface area contributed by atoms with Gasteiger partial charge in [0.05, 0.1) is 35.7 Å². The quantitative estimate of drug-likeness (QED) is 0.198. The number of piperazine rings is 1. The van der Waals surface area contributed by atoms with Crippen LogP contribution in [0.2, 0.25) is 0 Å². The van der Waals surface area contributed by atoms with Gasteiger partial charge in [-0.1, -0.05) is 12.1 Å². The SMILES string of the molecule is Cc1cc(-c2cnc(Nc3cnn(C4CCN(CCN5CCN(c6ccc(C7CCC(=O)NC7=O)cc6)CC5)CC4)c3)c3ncc(C)n23)c(F)cc1F. The summed E-state index contributed by atoms with van der Waals surface area (Å²) in [6.07, 6.45) is 10.1. The van der Waals surface area contributed by atoms with Gasteiger partial charge in [0.15, 0.2) is 11.5 Å². The largest absolute Gasteiger partial charge is 0.369 e. The average Bonchev–Trinajstić information content (AvgIpc) is 3.80. The van der Waals surface area contributed by atoms with Gasteiger partial charge in [0.2, 0.25) is 11.8 Å². The summed E-state index contributed by atoms with van der Waals surface area (Å²) in [6.45, 7) is 11.6. The molecule has 6 heterocycles. The highest BCUT2D eigenvalue weighted by Crippen LogP contribution is 2.31. The zero-order chi connectivity index (χ0) is 36.6. The van der Waals surface area contributed by atoms with Crippen LogP contribution in [0.1, 0.15) is 54.5 Å². The lowest BCUT2D eigenvalue weighted by molar-refractivity contribution is -0.134. The summed E-state index contributed by atoms with van der Waals surface area (Å²) in [5.74, 6) is -1.34. The van der Waals surface area contributed by atoms with Gasteiger partial charge >= 0.3 is 0 Å². The van der Waals surface area contributed by atoms with Gasteiger partial charge in [0.1, 0.15) is 11.6 Å². The molecule has 2 N–H and O–H groups in total. The number of imidazole rings is 1. The second kappa shape index (κ2) is 14.7. The number of likely N-dealkylation sites (tertiary alicyclic amines) is 1. The molecule has 3 saturated heterocycles. The van der Waals surface area contributed by atoms with E-state index in [-0.39, 0.29) is 23.3 Å². The standard InChI is InChI=1S/C39H44F2N10O2/c1-25-19-32(34(41)20-33(25)40)35-23-42-37(38-43-21-26(2)51(35)38)45-28-22-44-50(24-28)30-9-11-47(12-10-30)13-14-48-15-17-49(18-16-48)29-5-3-27(4-6-29)31-7-8-36(52)46-39(31)53/h3-6,19-24,30-31H,7-18H2,1-2H3,(H,42,45)(H,46,52,53). The van der Waals surface area contributed by atoms with E-state index < -0.39 is 11.6 Å². The van der Waals surface area contributed by atoms with Crippen LogP contribution in [0.4, 0.5) is 26.0 Å². The van der Waals surface area contributed by atoms with Crippen LogP contribution in [0.15, 0.2) is 61.2 Å². The number of rotatable bonds is 9. The van der Waals surface area contributed by atoms with Crippen molar-refractivity contribution in [1.82, 2.24) is 39.3 Å². The first kappa shape index (κ1) is 34.9. The highest BCUT2D eigenvalue weighted by atomic mass is 19.1. The van der Waals surface area contributed by atoms with Crippen LogP contribution in [-0.4, -0.2) is 98.1 Å². The van der Waals surface area contributed by atoms with E-state index in [1.807, 2.05) is 34.3 Å². The molecule has 276 valence electrons. The van der Waals surface area contributed by atoms with E-state index in [2.05, 4.69) is 52.5 Å². The Hall–Kier alpha value is -5.21. The molecular weight excluding hydrogens is 678 g/mol. The fraction of sp³-hybridized carbons (Fsp3) is 0.410. The molecule has 8 rings (SSSR count). The van der Waals surface area contributed by atoms with Crippen molar-refractivity contribution in [2.45, 2.75) is 51.5 Å². The topological polar surface area (TPSA) is 116 Å². The summed E-state index contributed by atoms with van der Waals surface area (Å²) in [5, 5.41) is 10.5. The van der Waals surface area contributed by atoms with Crippen LogP contribution in [-0.2, 0) is 9.59 Å². The molecule has 5 aromatic rings. The first-order chi connectivity index (χ1) is 25.7. The highest BCUT2D eigenvalue weighted by molar-refractivity contribution is 6.01. The minimum absolute atomic E-state index is 0.185. The van der Waals surface area contributed by atoms with Crippen molar-refractivity contribution < 1.29 is 18.4 Å². The zero-order valence-electron chi connectivity index (χ0n) is 30.1. The van der Waals surface area contributed by atoms with Crippen molar-refractivity contribution >= 4 is 34.7 Å². The first-order valence-electron chi connectivity index (χ1n) is 18.4. The van der Waals surface area contributed by atoms with Crippen LogP contribution in [0.5, 0.6) is 0 Å². The maximum atomic E-state index is 14.8. The van der Waals surface area contributed by atoms with E-state index in [0.717, 1.165) is 88.2 Å². The van der Waals surface area contributed by atoms with E-state index in [1.165, 1.54) is 11.8 Å². The van der Waals surface area contributed by atoms with E-state index in [4.69, 9.17) is 0 Å². The number of anilines is 3. The molecule has 14 heteroatoms. The summed E-state index contributed by atoms with van der Waals surface area (Å²) < 4.78 is 32.7. The molecule has 0 aliphatic carbocycles. The van der Waals surface area contributed by atoms with Crippen molar-refractivity contribution in [2.24, 2.45) is 0 Å². The van der Waals surface area contributed by atoms with E-state index >= 15 is 0 Å². The maximum absolute atomic E-state index is 14.8. The number of aryl methyl sites for hydroxylation is 2. The Balaban J connectivity index is 0.808. The number of amides is 2. The summed E-state index contributed by atoms with van der Waals surface area (Å²) in [7, 11) is 0. The number of benzene rings is 2. The third-order valence-electron chi connectivity index (χ3n) is 11.0. The number of nitrogens with one attached hydrogen (secondary N) is 2. The Morgan fingerprint density at radius 1 is 0.849 bits per heavy atom. The minimum Gasteiger partial charge on any atom is -0.369 e. The van der Waals surface area contributed by atoms with Gasteiger partial charge in [0, 0.05) is 94.2 Å². The molecule has 2 aromatic carbocycles. The lowest BCUT2D eigenvalue weighted by Gasteiger charge is -2.38. The number of hydrogen-bond donors (Lipinski definition) is 2. The second-order valence-corrected chi connectivity index (χ2v) is 14.5. The molecule has 53 heavy (non-hydrogen) atoms. The van der Waals surface area contributed by atoms with Gasteiger partial charge < -0.3 is 15.1 Å². The number of nitrogens with zero attached hydrogens (tertiary/aromatic N) is 8. The minimum atomic E-state index is -0.648. The van der Waals surface area contributed by atoms with Gasteiger partial charge in [-0.25, -0.2) is 18.7 Å². The summed E-state index contributed by atoms with van der Waals surface area (Å²) >= 11 is 0. The van der Waals surface area contributed by atoms with Crippen LogP contribution >= 0.6 is 0 Å². The van der Waals surface area contributed by atoms with Crippen LogP contribution in [0.3, 0.4) is 0 Å². The molecule has 0 radical (unpaired) electrons. The number of halogens is 2. The second-order valence-electron chi connectivity index (χ2n) is 14.5. The summed E-state index contributed by atoms with van der Waals surface area (Å²) in [5.41, 5.74) is 5.42. The molecule has 2 amide bonds. The predicted octanol–water partition coefficient (Wildman–Crippen LogP) is 5.21. The first-order valence-corrected chi connectivity index (χ1v) is 18.4. The third-order valence-corrected chi connectivity index (χ3v) is 11.0. The van der Waals surface area contributed by atoms with E-state index in [9.17, 15) is 18.4 Å². The number of piperidine rings is 2. The molecule has 3 aliphatic rings. The number of aromatic nitrogens is 5. The van der Waals surface area contributed by atoms with Gasteiger partial charge in [-0.15, -0.1) is 0 Å². The number of imide groups is 1. The highest BCUT2D eigenvalue weighted by Gasteiger charge is 2.28. The Morgan fingerprint density at radius 3 is 2.32 bits per heavy atom. The Labute approximate surface area is 306 Å². The van der Waals surface area contributed by atoms with Crippen LogP contribution in [0, 0.1) is 25.5 Å². The smallest absolute Gasteiger partial charge is 0.234 e. The lowest BCUT2D eigenvalue weighted by atomic mass is 9.90. The average molecular weight is 723 g/mol. The Morgan fingerprint density at radius 2 is 1.58 bits per heavy atom. The van der Waals surface area contributed by atoms with Gasteiger partial charge in [0.25, 0.3) is 0 Å². The van der Waals surface area contributed by atoms with E-state index in [0.29, 0.717) is 41.6 Å². The van der Waals surface area contributed by atoms with Gasteiger partial charge in [-0.05, 0) is 62.4 Å². The molecule has 0 saturated carbocycles. The van der Waals surface area contributed by atoms with Crippen molar-refractivity contribution in [3.63, 3.8) is 0 Å². The number of fused-ring (bicyclic) bond motifs is 1. The molecule has 12 nitrogen and oxygen atoms in total. The fourth-order valence-corrected chi connectivity index (χ4v) is 7.87. The number of hydrogen-bond acceptors (Lipinski definition) is 9. The van der Waals surface area contributed by atoms with Crippen LogP contribution < -0.4 is 15.5 Å². The normalized spacial score (nSPS) is 19.2. The Kier molecular flexibility index (Phi) is 9.64. The van der Waals surface area contributed by atoms with Crippen molar-refractivity contribution in [3.8, 4) is 11.3 Å². The van der Waals surface area contributed by atoms with Crippen LogP contribution in [0.25, 0.3) is 16.9 Å². The number of carbonyl (C=O) groups excluding carboxylic acids is 2. The summed E-state index contributed by atoms with van der Waals surface area (Å²) in [6, 6.07) is 11.0. The molecule has 1 atom stereocenters. The molecule has 3 fully saturated rings. The maximum Gasteiger partial charge on any atom is 0.234 e. The fourth-order valence-electron chi connectivity index (χ4n) is 7.87. The third kappa shape index (κ3) is 7.25. The molecule has 0 bridgehead atoms. The lowest BCUT2D eigenvalue weighted by Crippen LogP contribution is -2.49. The molecule has 0 spiro atoms. The van der Waals surface area contributed by atoms with E-state index in [1.54, 1.807) is 25.5 Å².